The van der Waals surface area contributed by atoms with Crippen LogP contribution in [0.1, 0.15) is 18.0 Å². The SMILES string of the molecule is O=C1CC(c2c(F)cccc2Cl)NCCN1. The van der Waals surface area contributed by atoms with E-state index in [1.165, 1.54) is 6.07 Å². The fraction of sp³-hybridized carbons (Fsp3) is 0.364. The van der Waals surface area contributed by atoms with Crippen LogP contribution in [-0.2, 0) is 4.79 Å². The number of nitrogens with one attached hydrogen (secondary N) is 2. The average Bonchev–Trinajstić information content (AvgIpc) is 2.43. The van der Waals surface area contributed by atoms with E-state index in [-0.39, 0.29) is 24.2 Å². The molecule has 2 rings (SSSR count). The normalized spacial score (nSPS) is 21.4. The van der Waals surface area contributed by atoms with E-state index >= 15 is 0 Å². The number of halogens is 2. The molecular weight excluding hydrogens is 231 g/mol. The van der Waals surface area contributed by atoms with Crippen molar-refractivity contribution in [2.24, 2.45) is 0 Å². The molecule has 2 N–H and O–H groups in total. The first-order chi connectivity index (χ1) is 7.68. The maximum absolute atomic E-state index is 13.6. The fourth-order valence-corrected chi connectivity index (χ4v) is 2.12. The van der Waals surface area contributed by atoms with E-state index in [0.717, 1.165) is 0 Å². The summed E-state index contributed by atoms with van der Waals surface area (Å²) in [5.41, 5.74) is 0.376. The van der Waals surface area contributed by atoms with E-state index in [4.69, 9.17) is 11.6 Å². The van der Waals surface area contributed by atoms with Crippen LogP contribution in [0.4, 0.5) is 4.39 Å². The first-order valence-corrected chi connectivity index (χ1v) is 5.50. The quantitative estimate of drug-likeness (QED) is 0.786. The number of carbonyl (C=O) groups is 1. The number of rotatable bonds is 1. The lowest BCUT2D eigenvalue weighted by molar-refractivity contribution is -0.121. The average molecular weight is 243 g/mol. The Bertz CT molecular complexity index is 391. The van der Waals surface area contributed by atoms with Crippen LogP contribution in [0.25, 0.3) is 0 Å². The van der Waals surface area contributed by atoms with Gasteiger partial charge in [0.15, 0.2) is 0 Å². The van der Waals surface area contributed by atoms with E-state index in [9.17, 15) is 9.18 Å². The highest BCUT2D eigenvalue weighted by atomic mass is 35.5. The molecule has 1 aromatic carbocycles. The highest BCUT2D eigenvalue weighted by molar-refractivity contribution is 6.31. The van der Waals surface area contributed by atoms with Gasteiger partial charge in [-0.05, 0) is 12.1 Å². The van der Waals surface area contributed by atoms with Crippen LogP contribution in [0.5, 0.6) is 0 Å². The predicted molar refractivity (Wildman–Crippen MR) is 59.8 cm³/mol. The van der Waals surface area contributed by atoms with Crippen LogP contribution >= 0.6 is 11.6 Å². The molecular formula is C11H12ClFN2O. The van der Waals surface area contributed by atoms with Crippen LogP contribution in [0.2, 0.25) is 5.02 Å². The molecule has 86 valence electrons. The lowest BCUT2D eigenvalue weighted by atomic mass is 10.0. The zero-order valence-corrected chi connectivity index (χ0v) is 9.35. The molecule has 1 atom stereocenters. The summed E-state index contributed by atoms with van der Waals surface area (Å²) in [4.78, 5) is 11.4. The van der Waals surface area contributed by atoms with Gasteiger partial charge in [-0.2, -0.15) is 0 Å². The summed E-state index contributed by atoms with van der Waals surface area (Å²) in [6, 6.07) is 4.19. The van der Waals surface area contributed by atoms with E-state index in [2.05, 4.69) is 10.6 Å². The predicted octanol–water partition coefficient (Wildman–Crippen LogP) is 1.63. The molecule has 3 nitrogen and oxygen atoms in total. The summed E-state index contributed by atoms with van der Waals surface area (Å²) in [5.74, 6) is -0.464. The van der Waals surface area contributed by atoms with Gasteiger partial charge < -0.3 is 10.6 Å². The van der Waals surface area contributed by atoms with Crippen molar-refractivity contribution in [1.29, 1.82) is 0 Å². The molecule has 0 saturated carbocycles. The molecule has 1 aromatic rings. The maximum atomic E-state index is 13.6. The number of carbonyl (C=O) groups excluding carboxylic acids is 1. The third-order valence-electron chi connectivity index (χ3n) is 2.58. The van der Waals surface area contributed by atoms with Gasteiger partial charge in [0, 0.05) is 36.1 Å². The molecule has 0 radical (unpaired) electrons. The van der Waals surface area contributed by atoms with Crippen LogP contribution in [0.3, 0.4) is 0 Å². The Morgan fingerprint density at radius 1 is 1.38 bits per heavy atom. The molecule has 5 heteroatoms. The van der Waals surface area contributed by atoms with Crippen molar-refractivity contribution in [3.05, 3.63) is 34.6 Å². The van der Waals surface area contributed by atoms with Gasteiger partial charge in [-0.25, -0.2) is 4.39 Å². The molecule has 1 unspecified atom stereocenters. The summed E-state index contributed by atoms with van der Waals surface area (Å²) < 4.78 is 13.6. The second-order valence-corrected chi connectivity index (χ2v) is 4.10. The second kappa shape index (κ2) is 4.80. The zero-order chi connectivity index (χ0) is 11.5. The molecule has 1 aliphatic heterocycles. The minimum absolute atomic E-state index is 0.0886. The van der Waals surface area contributed by atoms with Gasteiger partial charge in [0.25, 0.3) is 0 Å². The minimum Gasteiger partial charge on any atom is -0.355 e. The van der Waals surface area contributed by atoms with E-state index in [0.29, 0.717) is 23.7 Å². The highest BCUT2D eigenvalue weighted by Gasteiger charge is 2.23. The monoisotopic (exact) mass is 242 g/mol. The summed E-state index contributed by atoms with van der Waals surface area (Å²) in [6.07, 6.45) is 0.209. The number of hydrogen-bond donors (Lipinski definition) is 2. The summed E-state index contributed by atoms with van der Waals surface area (Å²) >= 11 is 5.95. The van der Waals surface area contributed by atoms with Crippen LogP contribution in [-0.4, -0.2) is 19.0 Å². The minimum atomic E-state index is -0.375. The Kier molecular flexibility index (Phi) is 3.41. The van der Waals surface area contributed by atoms with Crippen LogP contribution < -0.4 is 10.6 Å². The topological polar surface area (TPSA) is 41.1 Å². The Morgan fingerprint density at radius 3 is 2.94 bits per heavy atom. The van der Waals surface area contributed by atoms with Crippen LogP contribution in [0.15, 0.2) is 18.2 Å². The Labute approximate surface area is 98.0 Å². The molecule has 0 aromatic heterocycles. The molecule has 16 heavy (non-hydrogen) atoms. The third kappa shape index (κ3) is 2.33. The van der Waals surface area contributed by atoms with E-state index < -0.39 is 0 Å². The Morgan fingerprint density at radius 2 is 2.19 bits per heavy atom. The first-order valence-electron chi connectivity index (χ1n) is 5.12. The largest absolute Gasteiger partial charge is 0.355 e. The van der Waals surface area contributed by atoms with Crippen molar-refractivity contribution in [3.8, 4) is 0 Å². The maximum Gasteiger partial charge on any atom is 0.221 e. The Balaban J connectivity index is 2.31. The van der Waals surface area contributed by atoms with Gasteiger partial charge in [-0.1, -0.05) is 17.7 Å². The number of benzene rings is 1. The van der Waals surface area contributed by atoms with Crippen molar-refractivity contribution in [1.82, 2.24) is 10.6 Å². The highest BCUT2D eigenvalue weighted by Crippen LogP contribution is 2.28. The van der Waals surface area contributed by atoms with Gasteiger partial charge >= 0.3 is 0 Å². The number of hydrogen-bond acceptors (Lipinski definition) is 2. The molecule has 1 heterocycles. The van der Waals surface area contributed by atoms with Crippen molar-refractivity contribution in [3.63, 3.8) is 0 Å². The Hall–Kier alpha value is -1.13. The van der Waals surface area contributed by atoms with Crippen molar-refractivity contribution in [2.45, 2.75) is 12.5 Å². The van der Waals surface area contributed by atoms with Gasteiger partial charge in [0.1, 0.15) is 5.82 Å². The zero-order valence-electron chi connectivity index (χ0n) is 8.59. The summed E-state index contributed by atoms with van der Waals surface area (Å²) in [7, 11) is 0. The van der Waals surface area contributed by atoms with Crippen LogP contribution in [0, 0.1) is 5.82 Å². The molecule has 0 spiro atoms. The molecule has 1 saturated heterocycles. The van der Waals surface area contributed by atoms with Gasteiger partial charge in [0.2, 0.25) is 5.91 Å². The van der Waals surface area contributed by atoms with Crippen molar-refractivity contribution < 1.29 is 9.18 Å². The van der Waals surface area contributed by atoms with E-state index in [1.807, 2.05) is 0 Å². The molecule has 1 amide bonds. The fourth-order valence-electron chi connectivity index (χ4n) is 1.83. The summed E-state index contributed by atoms with van der Waals surface area (Å²) in [6.45, 7) is 1.17. The smallest absolute Gasteiger partial charge is 0.221 e. The lowest BCUT2D eigenvalue weighted by Gasteiger charge is -2.17. The molecule has 0 bridgehead atoms. The second-order valence-electron chi connectivity index (χ2n) is 3.70. The van der Waals surface area contributed by atoms with Crippen molar-refractivity contribution in [2.75, 3.05) is 13.1 Å². The van der Waals surface area contributed by atoms with Gasteiger partial charge in [0.05, 0.1) is 0 Å². The molecule has 1 aliphatic rings. The third-order valence-corrected chi connectivity index (χ3v) is 2.91. The summed E-state index contributed by atoms with van der Waals surface area (Å²) in [5, 5.41) is 6.17. The lowest BCUT2D eigenvalue weighted by Crippen LogP contribution is -2.25. The molecule has 0 aliphatic carbocycles. The molecule has 1 fully saturated rings. The van der Waals surface area contributed by atoms with E-state index in [1.54, 1.807) is 12.1 Å². The van der Waals surface area contributed by atoms with Gasteiger partial charge in [-0.3, -0.25) is 4.79 Å². The van der Waals surface area contributed by atoms with Crippen molar-refractivity contribution >= 4 is 17.5 Å². The first kappa shape index (κ1) is 11.4. The van der Waals surface area contributed by atoms with Gasteiger partial charge in [-0.15, -0.1) is 0 Å². The standard InChI is InChI=1S/C11H12ClFN2O/c12-7-2-1-3-8(13)11(7)9-6-10(16)15-5-4-14-9/h1-3,9,14H,4-6H2,(H,15,16). The number of amides is 1.